The van der Waals surface area contributed by atoms with Gasteiger partial charge < -0.3 is 38.5 Å². The van der Waals surface area contributed by atoms with E-state index in [4.69, 9.17) is 18.9 Å². The molecule has 13 heterocycles. The summed E-state index contributed by atoms with van der Waals surface area (Å²) in [7, 11) is 0. The third-order valence-electron chi connectivity index (χ3n) is 22.4. The number of carbonyl (C=O) groups excluding carboxylic acids is 4. The Bertz CT molecular complexity index is 5500. The lowest BCUT2D eigenvalue weighted by atomic mass is 10.0. The van der Waals surface area contributed by atoms with Gasteiger partial charge in [0, 0.05) is 80.3 Å². The molecule has 8 aliphatic rings. The van der Waals surface area contributed by atoms with Crippen molar-refractivity contribution in [2.75, 3.05) is 26.2 Å². The van der Waals surface area contributed by atoms with Crippen LogP contribution in [-0.4, -0.2) is 198 Å². The predicted octanol–water partition coefficient (Wildman–Crippen LogP) is 11.5. The Morgan fingerprint density at radius 1 is 0.368 bits per heavy atom. The first-order chi connectivity index (χ1) is 57.0. The van der Waals surface area contributed by atoms with Crippen LogP contribution >= 0.6 is 0 Å². The quantitative estimate of drug-likeness (QED) is 0.0765. The number of para-hydroxylation sites is 2. The summed E-state index contributed by atoms with van der Waals surface area (Å²) >= 11 is 0. The number of benzene rings is 3. The van der Waals surface area contributed by atoms with Crippen LogP contribution < -0.4 is 18.9 Å². The normalized spacial score (nSPS) is 22.7. The van der Waals surface area contributed by atoms with Crippen molar-refractivity contribution in [2.24, 2.45) is 23.7 Å². The molecule has 4 saturated carbocycles. The molecule has 0 spiro atoms. The average Bonchev–Trinajstić information content (AvgIpc) is 1.63. The lowest BCUT2D eigenvalue weighted by Crippen LogP contribution is -2.47. The molecule has 12 atom stereocenters. The minimum absolute atomic E-state index is 0.0250. The van der Waals surface area contributed by atoms with Gasteiger partial charge in [-0.3, -0.25) is 19.2 Å². The second kappa shape index (κ2) is 33.2. The molecule has 0 radical (unpaired) electrons. The van der Waals surface area contributed by atoms with Crippen LogP contribution in [0.3, 0.4) is 0 Å². The number of carbonyl (C=O) groups is 4. The number of aromatic nitrogens is 16. The highest BCUT2D eigenvalue weighted by atomic mass is 19.3. The van der Waals surface area contributed by atoms with E-state index in [1.807, 2.05) is 64.1 Å². The summed E-state index contributed by atoms with van der Waals surface area (Å²) in [5.74, 6) is 0.584. The maximum absolute atomic E-state index is 14.7. The number of rotatable bonds is 17. The van der Waals surface area contributed by atoms with Crippen molar-refractivity contribution in [1.29, 1.82) is 0 Å². The highest BCUT2D eigenvalue weighted by Crippen LogP contribution is 2.45. The number of ether oxygens (including phenoxy) is 4. The molecule has 8 fully saturated rings. The Morgan fingerprint density at radius 3 is 1.11 bits per heavy atom. The molecule has 9 aromatic heterocycles. The van der Waals surface area contributed by atoms with Gasteiger partial charge in [-0.25, -0.2) is 61.2 Å². The van der Waals surface area contributed by atoms with E-state index in [0.29, 0.717) is 107 Å². The van der Waals surface area contributed by atoms with Gasteiger partial charge in [-0.05, 0) is 161 Å². The van der Waals surface area contributed by atoms with Crippen LogP contribution in [-0.2, 0) is 0 Å². The lowest BCUT2D eigenvalue weighted by molar-refractivity contribution is 0.0459. The van der Waals surface area contributed by atoms with Gasteiger partial charge in [-0.15, -0.1) is 4.80 Å². The number of alkyl halides is 2. The maximum atomic E-state index is 14.7. The zero-order chi connectivity index (χ0) is 80.4. The largest absolute Gasteiger partial charge is 0.472 e. The molecule has 3 aromatic carbocycles. The van der Waals surface area contributed by atoms with Gasteiger partial charge in [0.2, 0.25) is 23.5 Å². The zero-order valence-electron chi connectivity index (χ0n) is 62.6. The highest BCUT2D eigenvalue weighted by molar-refractivity contribution is 6.01. The number of nitrogens with zero attached hydrogens (tertiary/aromatic N) is 20. The minimum atomic E-state index is -2.56. The number of fused-ring (bicyclic) bond motifs is 8. The first-order valence-electron chi connectivity index (χ1n) is 38.3. The van der Waals surface area contributed by atoms with Gasteiger partial charge in [0.25, 0.3) is 30.1 Å². The van der Waals surface area contributed by atoms with Crippen molar-refractivity contribution in [3.63, 3.8) is 0 Å². The fraction of sp³-hybridized carbons (Fsp3) is 0.313. The van der Waals surface area contributed by atoms with E-state index in [0.717, 1.165) is 81.8 Å². The number of halogens is 6. The van der Waals surface area contributed by atoms with Crippen LogP contribution in [0.2, 0.25) is 0 Å². The Morgan fingerprint density at radius 2 is 0.735 bits per heavy atom. The van der Waals surface area contributed by atoms with Gasteiger partial charge in [0.1, 0.15) is 53.4 Å². The Hall–Kier alpha value is -13.4. The molecule has 28 nitrogen and oxygen atoms in total. The summed E-state index contributed by atoms with van der Waals surface area (Å²) in [5.41, 5.74) is 4.17. The Labute approximate surface area is 664 Å². The SMILES string of the molecule is Cc1ccc(-n2nccn2)c(C(=O)N2CC3CC(Oc4ccc(F)cn4)C2C3)n1.O=C(c1cccc(F)c1-c1ncccn1)N1CC2CC(Oc3ccc(F)cn3)C1C2.O=C(c1ccccc1-n1nccn1)N1CC2CC(Oc3ccc(C(F)F)cn3)C1C2.O=C(c1ccccc1-n1nccn1)N1CC2CC(Oc3ccc(F)cn3)C1C2. The molecule has 34 heteroatoms. The Balaban J connectivity index is 0.000000112. The van der Waals surface area contributed by atoms with Crippen molar-refractivity contribution in [3.05, 3.63) is 265 Å². The van der Waals surface area contributed by atoms with Crippen LogP contribution in [0.15, 0.2) is 208 Å². The first-order valence-corrected chi connectivity index (χ1v) is 38.3. The van der Waals surface area contributed by atoms with Gasteiger partial charge in [0.05, 0.1) is 114 Å². The van der Waals surface area contributed by atoms with Crippen LogP contribution in [0.1, 0.15) is 111 Å². The van der Waals surface area contributed by atoms with Crippen LogP contribution in [0.4, 0.5) is 26.3 Å². The molecule has 20 rings (SSSR count). The summed E-state index contributed by atoms with van der Waals surface area (Å²) < 4.78 is 103. The summed E-state index contributed by atoms with van der Waals surface area (Å²) in [6.45, 7) is 4.48. The minimum Gasteiger partial charge on any atom is -0.472 e. The molecule has 4 saturated heterocycles. The number of pyridine rings is 5. The summed E-state index contributed by atoms with van der Waals surface area (Å²) in [5, 5.41) is 24.9. The molecule has 596 valence electrons. The monoisotopic (exact) mass is 1590 g/mol. The molecule has 12 aromatic rings. The number of amides is 4. The smallest absolute Gasteiger partial charge is 0.275 e. The van der Waals surface area contributed by atoms with Gasteiger partial charge in [-0.2, -0.15) is 40.2 Å². The second-order valence-corrected chi connectivity index (χ2v) is 29.8. The number of likely N-dealkylation sites (tertiary alicyclic amines) is 4. The predicted molar refractivity (Wildman–Crippen MR) is 404 cm³/mol. The van der Waals surface area contributed by atoms with E-state index in [1.165, 1.54) is 87.4 Å². The van der Waals surface area contributed by atoms with E-state index >= 15 is 0 Å². The molecule has 8 bridgehead atoms. The van der Waals surface area contributed by atoms with Crippen LogP contribution in [0.25, 0.3) is 28.5 Å². The number of piperidine rings is 4. The molecular weight excluding hydrogens is 1520 g/mol. The van der Waals surface area contributed by atoms with Crippen molar-refractivity contribution >= 4 is 23.6 Å². The summed E-state index contributed by atoms with van der Waals surface area (Å²) in [6.07, 6.45) is 20.4. The molecule has 4 aliphatic carbocycles. The second-order valence-electron chi connectivity index (χ2n) is 29.8. The van der Waals surface area contributed by atoms with Gasteiger partial charge in [-0.1, -0.05) is 30.3 Å². The molecule has 12 unspecified atom stereocenters. The number of hydrogen-bond acceptors (Lipinski definition) is 21. The van der Waals surface area contributed by atoms with Crippen molar-refractivity contribution in [1.82, 2.24) is 99.5 Å². The summed E-state index contributed by atoms with van der Waals surface area (Å²) in [6, 6.07) is 35.1. The van der Waals surface area contributed by atoms with Crippen LogP contribution in [0, 0.1) is 53.9 Å². The molecule has 0 N–H and O–H groups in total. The van der Waals surface area contributed by atoms with E-state index in [-0.39, 0.29) is 94.7 Å². The summed E-state index contributed by atoms with van der Waals surface area (Å²) in [4.78, 5) is 93.8. The third kappa shape index (κ3) is 16.3. The molecule has 4 amide bonds. The average molecular weight is 1590 g/mol. The molecular formula is C83H74F6N20O8. The number of hydrogen-bond donors (Lipinski definition) is 0. The fourth-order valence-electron chi connectivity index (χ4n) is 17.3. The van der Waals surface area contributed by atoms with Gasteiger partial charge >= 0.3 is 0 Å². The molecule has 4 aliphatic heterocycles. The zero-order valence-corrected chi connectivity index (χ0v) is 62.6. The van der Waals surface area contributed by atoms with Crippen molar-refractivity contribution in [3.8, 4) is 52.0 Å². The van der Waals surface area contributed by atoms with E-state index in [2.05, 4.69) is 65.5 Å². The van der Waals surface area contributed by atoms with E-state index in [9.17, 15) is 45.5 Å². The molecule has 117 heavy (non-hydrogen) atoms. The highest BCUT2D eigenvalue weighted by Gasteiger charge is 2.53. The van der Waals surface area contributed by atoms with Gasteiger partial charge in [0.15, 0.2) is 11.5 Å². The van der Waals surface area contributed by atoms with E-state index < -0.39 is 29.7 Å². The lowest BCUT2D eigenvalue weighted by Gasteiger charge is -2.33. The first kappa shape index (κ1) is 76.2. The third-order valence-corrected chi connectivity index (χ3v) is 22.4. The standard InChI is InChI=1S/C22H18F2N4O2.C21H19F2N5O2.C20H19FN6O2.C20H18FN5O2/c23-14-5-6-19(27-11-14)30-18-10-13-9-17(18)28(12-13)22(29)15-3-1-4-16(24)20(15)21-25-7-2-8-26-21;22-20(23)14-5-6-19(24-11-14)30-18-10-13-9-17(18)27(12-13)21(29)15-3-1-2-4-16(15)28-25-7-8-26-28;1-12-2-4-15(27-23-6-7-24-27)19(25-12)20(28)26-11-13-8-16(26)17(9-13)29-18-5-3-14(21)10-22-18;21-14-5-6-19(22-11-14)28-18-10-13-9-17(18)25(12-13)20(27)15-3-1-2-4-16(15)26-23-7-8-24-26/h1-8,11,13,17-18H,9-10,12H2;1-8,11,13,17-18,20H,9-10,12H2;2-7,10,13,16-17H,8-9,11H2,1H3;1-8,11,13,17-18H,9-10,12H2. The maximum Gasteiger partial charge on any atom is 0.275 e. The van der Waals surface area contributed by atoms with Crippen molar-refractivity contribution < 1.29 is 64.5 Å². The Kier molecular flexibility index (Phi) is 21.6. The van der Waals surface area contributed by atoms with E-state index in [1.54, 1.807) is 72.4 Å². The topological polar surface area (TPSA) is 301 Å². The fourth-order valence-corrected chi connectivity index (χ4v) is 17.3. The van der Waals surface area contributed by atoms with Crippen molar-refractivity contribution in [2.45, 2.75) is 113 Å². The number of aryl methyl sites for hydroxylation is 1. The van der Waals surface area contributed by atoms with Crippen LogP contribution in [0.5, 0.6) is 23.5 Å².